The monoisotopic (exact) mass is 300 g/mol. The second-order valence-electron chi connectivity index (χ2n) is 4.23. The van der Waals surface area contributed by atoms with Gasteiger partial charge in [-0.1, -0.05) is 0 Å². The summed E-state index contributed by atoms with van der Waals surface area (Å²) >= 11 is 1.35. The molecule has 0 aliphatic rings. The molecule has 112 valence electrons. The Morgan fingerprint density at radius 2 is 2.05 bits per heavy atom. The Hall–Kier alpha value is -1.60. The number of hydrogen-bond acceptors (Lipinski definition) is 6. The predicted octanol–water partition coefficient (Wildman–Crippen LogP) is 1.29. The van der Waals surface area contributed by atoms with Gasteiger partial charge in [0, 0.05) is 30.8 Å². The largest absolute Gasteiger partial charge is 0.469 e. The SMILES string of the molecule is COCCN(CCC(=O)OC)C(=O)c1cc(N)c(C)s1. The summed E-state index contributed by atoms with van der Waals surface area (Å²) in [5.74, 6) is -0.488. The van der Waals surface area contributed by atoms with Gasteiger partial charge in [-0.05, 0) is 13.0 Å². The number of carbonyl (C=O) groups is 2. The summed E-state index contributed by atoms with van der Waals surface area (Å²) in [6.45, 7) is 2.99. The Morgan fingerprint density at radius 1 is 1.35 bits per heavy atom. The van der Waals surface area contributed by atoms with Gasteiger partial charge in [0.2, 0.25) is 0 Å². The summed E-state index contributed by atoms with van der Waals surface area (Å²) in [5.41, 5.74) is 6.37. The van der Waals surface area contributed by atoms with Gasteiger partial charge in [0.05, 0.1) is 25.0 Å². The number of thiophene rings is 1. The van der Waals surface area contributed by atoms with E-state index < -0.39 is 0 Å². The van der Waals surface area contributed by atoms with E-state index in [4.69, 9.17) is 10.5 Å². The van der Waals surface area contributed by atoms with Crippen LogP contribution in [0.3, 0.4) is 0 Å². The third-order valence-electron chi connectivity index (χ3n) is 2.83. The molecule has 1 aromatic rings. The average molecular weight is 300 g/mol. The topological polar surface area (TPSA) is 81.9 Å². The number of anilines is 1. The molecule has 2 N–H and O–H groups in total. The lowest BCUT2D eigenvalue weighted by atomic mass is 10.3. The van der Waals surface area contributed by atoms with Gasteiger partial charge in [-0.15, -0.1) is 11.3 Å². The average Bonchev–Trinajstić information content (AvgIpc) is 2.77. The zero-order valence-corrected chi connectivity index (χ0v) is 12.8. The lowest BCUT2D eigenvalue weighted by Crippen LogP contribution is -2.35. The van der Waals surface area contributed by atoms with Gasteiger partial charge in [0.15, 0.2) is 0 Å². The number of amides is 1. The highest BCUT2D eigenvalue weighted by Crippen LogP contribution is 2.24. The van der Waals surface area contributed by atoms with Crippen molar-refractivity contribution in [1.29, 1.82) is 0 Å². The Morgan fingerprint density at radius 3 is 2.55 bits per heavy atom. The Balaban J connectivity index is 2.75. The van der Waals surface area contributed by atoms with Crippen molar-refractivity contribution in [2.75, 3.05) is 39.6 Å². The molecule has 0 spiro atoms. The molecule has 20 heavy (non-hydrogen) atoms. The summed E-state index contributed by atoms with van der Waals surface area (Å²) in [6, 6.07) is 1.67. The summed E-state index contributed by atoms with van der Waals surface area (Å²) < 4.78 is 9.58. The molecule has 0 saturated carbocycles. The van der Waals surface area contributed by atoms with Crippen molar-refractivity contribution < 1.29 is 19.1 Å². The Bertz CT molecular complexity index is 453. The molecular weight excluding hydrogens is 280 g/mol. The van der Waals surface area contributed by atoms with E-state index in [9.17, 15) is 9.59 Å². The maximum Gasteiger partial charge on any atom is 0.307 e. The zero-order valence-electron chi connectivity index (χ0n) is 12.0. The third kappa shape index (κ3) is 4.50. The molecule has 0 aromatic carbocycles. The molecule has 1 rings (SSSR count). The van der Waals surface area contributed by atoms with Gasteiger partial charge >= 0.3 is 5.97 Å². The molecule has 6 nitrogen and oxygen atoms in total. The van der Waals surface area contributed by atoms with Gasteiger partial charge in [-0.25, -0.2) is 0 Å². The van der Waals surface area contributed by atoms with Crippen molar-refractivity contribution in [2.24, 2.45) is 0 Å². The van der Waals surface area contributed by atoms with Crippen LogP contribution in [0.15, 0.2) is 6.07 Å². The van der Waals surface area contributed by atoms with E-state index in [1.807, 2.05) is 6.92 Å². The predicted molar refractivity (Wildman–Crippen MR) is 77.9 cm³/mol. The van der Waals surface area contributed by atoms with Crippen molar-refractivity contribution in [3.8, 4) is 0 Å². The molecule has 1 amide bonds. The second kappa shape index (κ2) is 7.86. The quantitative estimate of drug-likeness (QED) is 0.767. The van der Waals surface area contributed by atoms with E-state index in [0.717, 1.165) is 4.88 Å². The van der Waals surface area contributed by atoms with Crippen LogP contribution in [-0.4, -0.2) is 50.7 Å². The molecule has 7 heteroatoms. The summed E-state index contributed by atoms with van der Waals surface area (Å²) in [5, 5.41) is 0. The smallest absolute Gasteiger partial charge is 0.307 e. The van der Waals surface area contributed by atoms with Crippen molar-refractivity contribution in [1.82, 2.24) is 4.90 Å². The lowest BCUT2D eigenvalue weighted by molar-refractivity contribution is -0.140. The minimum Gasteiger partial charge on any atom is -0.469 e. The van der Waals surface area contributed by atoms with Crippen LogP contribution in [0.5, 0.6) is 0 Å². The van der Waals surface area contributed by atoms with Gasteiger partial charge < -0.3 is 20.1 Å². The first-order valence-corrected chi connectivity index (χ1v) is 7.02. The molecule has 0 radical (unpaired) electrons. The molecular formula is C13H20N2O4S. The minimum absolute atomic E-state index is 0.143. The van der Waals surface area contributed by atoms with Gasteiger partial charge in [-0.2, -0.15) is 0 Å². The first-order chi connectivity index (χ1) is 9.49. The number of hydrogen-bond donors (Lipinski definition) is 1. The highest BCUT2D eigenvalue weighted by molar-refractivity contribution is 7.14. The number of nitrogen functional groups attached to an aromatic ring is 1. The van der Waals surface area contributed by atoms with E-state index in [-0.39, 0.29) is 18.3 Å². The number of carbonyl (C=O) groups excluding carboxylic acids is 2. The van der Waals surface area contributed by atoms with Crippen molar-refractivity contribution >= 4 is 28.9 Å². The Labute approximate surface area is 122 Å². The van der Waals surface area contributed by atoms with Crippen LogP contribution in [-0.2, 0) is 14.3 Å². The minimum atomic E-state index is -0.345. The van der Waals surface area contributed by atoms with E-state index in [2.05, 4.69) is 4.74 Å². The standard InChI is InChI=1S/C13H20N2O4S/c1-9-10(14)8-11(20-9)13(17)15(6-7-18-2)5-4-12(16)19-3/h8H,4-7,14H2,1-3H3. The van der Waals surface area contributed by atoms with Gasteiger partial charge in [-0.3, -0.25) is 9.59 Å². The maximum absolute atomic E-state index is 12.4. The number of nitrogens with zero attached hydrogens (tertiary/aromatic N) is 1. The van der Waals surface area contributed by atoms with E-state index in [1.165, 1.54) is 18.4 Å². The molecule has 0 aliphatic carbocycles. The fourth-order valence-electron chi connectivity index (χ4n) is 1.60. The number of ether oxygens (including phenoxy) is 2. The molecule has 0 atom stereocenters. The number of methoxy groups -OCH3 is 2. The molecule has 0 aliphatic heterocycles. The zero-order chi connectivity index (χ0) is 15.1. The third-order valence-corrected chi connectivity index (χ3v) is 3.89. The number of esters is 1. The van der Waals surface area contributed by atoms with Gasteiger partial charge in [0.25, 0.3) is 5.91 Å². The summed E-state index contributed by atoms with van der Waals surface area (Å²) in [6.07, 6.45) is 0.159. The molecule has 0 unspecified atom stereocenters. The van der Waals surface area contributed by atoms with Crippen LogP contribution in [0, 0.1) is 6.92 Å². The second-order valence-corrected chi connectivity index (χ2v) is 5.49. The molecule has 1 aromatic heterocycles. The van der Waals surface area contributed by atoms with Crippen LogP contribution < -0.4 is 5.73 Å². The lowest BCUT2D eigenvalue weighted by Gasteiger charge is -2.21. The highest BCUT2D eigenvalue weighted by atomic mass is 32.1. The molecule has 0 saturated heterocycles. The molecule has 0 fully saturated rings. The Kier molecular flexibility index (Phi) is 6.47. The van der Waals surface area contributed by atoms with Crippen LogP contribution in [0.1, 0.15) is 21.0 Å². The molecule has 1 heterocycles. The van der Waals surface area contributed by atoms with Crippen LogP contribution in [0.4, 0.5) is 5.69 Å². The molecule has 0 bridgehead atoms. The van der Waals surface area contributed by atoms with Crippen LogP contribution >= 0.6 is 11.3 Å². The number of rotatable bonds is 7. The van der Waals surface area contributed by atoms with E-state index >= 15 is 0 Å². The maximum atomic E-state index is 12.4. The van der Waals surface area contributed by atoms with E-state index in [0.29, 0.717) is 30.3 Å². The highest BCUT2D eigenvalue weighted by Gasteiger charge is 2.19. The fraction of sp³-hybridized carbons (Fsp3) is 0.538. The summed E-state index contributed by atoms with van der Waals surface area (Å²) in [7, 11) is 2.89. The fourth-order valence-corrected chi connectivity index (χ4v) is 2.51. The first kappa shape index (κ1) is 16.5. The van der Waals surface area contributed by atoms with Crippen LogP contribution in [0.25, 0.3) is 0 Å². The van der Waals surface area contributed by atoms with Crippen molar-refractivity contribution in [3.05, 3.63) is 15.8 Å². The van der Waals surface area contributed by atoms with Gasteiger partial charge in [0.1, 0.15) is 0 Å². The number of nitrogens with two attached hydrogens (primary N) is 1. The van der Waals surface area contributed by atoms with Crippen molar-refractivity contribution in [2.45, 2.75) is 13.3 Å². The first-order valence-electron chi connectivity index (χ1n) is 6.20. The summed E-state index contributed by atoms with van der Waals surface area (Å²) in [4.78, 5) is 26.6. The van der Waals surface area contributed by atoms with E-state index in [1.54, 1.807) is 18.1 Å². The number of aryl methyl sites for hydroxylation is 1. The van der Waals surface area contributed by atoms with Crippen molar-refractivity contribution in [3.63, 3.8) is 0 Å². The normalized spacial score (nSPS) is 10.3. The van der Waals surface area contributed by atoms with Crippen LogP contribution in [0.2, 0.25) is 0 Å².